The standard InChI is InChI=1S/C21H16FN5O/c22-20-17(9-10-18(24)25-20)19-15-3-1-2-4-16(15)21(28)27(26-19)12-14-7-5-13(11-23)6-8-14/h1-5,7,9-10H,6,8,12H2,(H2,24,25). The summed E-state index contributed by atoms with van der Waals surface area (Å²) in [6.07, 6.45) is 4.91. The number of rotatable bonds is 3. The molecule has 0 spiro atoms. The Morgan fingerprint density at radius 1 is 1.14 bits per heavy atom. The molecule has 2 heterocycles. The van der Waals surface area contributed by atoms with E-state index in [0.29, 0.717) is 34.9 Å². The molecule has 138 valence electrons. The molecule has 0 radical (unpaired) electrons. The second-order valence-corrected chi connectivity index (χ2v) is 6.56. The van der Waals surface area contributed by atoms with Crippen molar-refractivity contribution in [1.82, 2.24) is 14.8 Å². The van der Waals surface area contributed by atoms with E-state index in [1.54, 1.807) is 30.3 Å². The number of hydrogen-bond donors (Lipinski definition) is 1. The van der Waals surface area contributed by atoms with Crippen LogP contribution in [0.5, 0.6) is 0 Å². The minimum absolute atomic E-state index is 0.0753. The smallest absolute Gasteiger partial charge is 0.274 e. The molecular formula is C21H16FN5O. The van der Waals surface area contributed by atoms with Crippen molar-refractivity contribution in [2.45, 2.75) is 19.4 Å². The summed E-state index contributed by atoms with van der Waals surface area (Å²) in [6.45, 7) is 0.274. The summed E-state index contributed by atoms with van der Waals surface area (Å²) in [5, 5.41) is 14.4. The van der Waals surface area contributed by atoms with Gasteiger partial charge >= 0.3 is 0 Å². The van der Waals surface area contributed by atoms with Gasteiger partial charge in [0.25, 0.3) is 5.56 Å². The van der Waals surface area contributed by atoms with Crippen LogP contribution in [-0.4, -0.2) is 14.8 Å². The summed E-state index contributed by atoms with van der Waals surface area (Å²) in [7, 11) is 0. The third-order valence-corrected chi connectivity index (χ3v) is 4.73. The maximum absolute atomic E-state index is 14.5. The average molecular weight is 373 g/mol. The second kappa shape index (κ2) is 7.08. The fourth-order valence-electron chi connectivity index (χ4n) is 3.26. The fraction of sp³-hybridized carbons (Fsp3) is 0.143. The van der Waals surface area contributed by atoms with Gasteiger partial charge in [-0.2, -0.15) is 14.8 Å². The summed E-state index contributed by atoms with van der Waals surface area (Å²) in [5.41, 5.74) is 7.51. The molecule has 1 aromatic carbocycles. The average Bonchev–Trinajstić information content (AvgIpc) is 2.71. The van der Waals surface area contributed by atoms with Gasteiger partial charge in [0, 0.05) is 11.0 Å². The van der Waals surface area contributed by atoms with Gasteiger partial charge in [-0.3, -0.25) is 4.79 Å². The van der Waals surface area contributed by atoms with Crippen LogP contribution in [0.15, 0.2) is 64.5 Å². The van der Waals surface area contributed by atoms with Crippen molar-refractivity contribution >= 4 is 16.6 Å². The lowest BCUT2D eigenvalue weighted by molar-refractivity contribution is 0.585. The highest BCUT2D eigenvalue weighted by atomic mass is 19.1. The maximum Gasteiger partial charge on any atom is 0.274 e. The van der Waals surface area contributed by atoms with Gasteiger partial charge in [0.15, 0.2) is 0 Å². The molecule has 28 heavy (non-hydrogen) atoms. The SMILES string of the molecule is N#CC1=CC=C(Cn2nc(-c3ccc(N)nc3F)c3ccccc3c2=O)CC1. The van der Waals surface area contributed by atoms with Crippen molar-refractivity contribution in [2.24, 2.45) is 0 Å². The number of nitrogens with zero attached hydrogens (tertiary/aromatic N) is 4. The van der Waals surface area contributed by atoms with Crippen molar-refractivity contribution in [2.75, 3.05) is 5.73 Å². The van der Waals surface area contributed by atoms with Crippen molar-refractivity contribution in [3.8, 4) is 17.3 Å². The highest BCUT2D eigenvalue weighted by molar-refractivity contribution is 5.93. The summed E-state index contributed by atoms with van der Waals surface area (Å²) in [6, 6.07) is 12.1. The number of hydrogen-bond acceptors (Lipinski definition) is 5. The summed E-state index contributed by atoms with van der Waals surface area (Å²) in [4.78, 5) is 16.6. The van der Waals surface area contributed by atoms with E-state index in [2.05, 4.69) is 16.2 Å². The van der Waals surface area contributed by atoms with E-state index in [1.807, 2.05) is 6.08 Å². The quantitative estimate of drug-likeness (QED) is 0.710. The molecule has 0 atom stereocenters. The van der Waals surface area contributed by atoms with Crippen LogP contribution in [0.4, 0.5) is 10.2 Å². The number of fused-ring (bicyclic) bond motifs is 1. The van der Waals surface area contributed by atoms with Gasteiger partial charge in [0.1, 0.15) is 11.5 Å². The number of allylic oxidation sites excluding steroid dienone is 4. The molecule has 2 aromatic heterocycles. The summed E-state index contributed by atoms with van der Waals surface area (Å²) in [5.74, 6) is -0.660. The predicted octanol–water partition coefficient (Wildman–Crippen LogP) is 3.35. The van der Waals surface area contributed by atoms with Crippen molar-refractivity contribution in [3.63, 3.8) is 0 Å². The zero-order valence-corrected chi connectivity index (χ0v) is 14.9. The van der Waals surface area contributed by atoms with E-state index in [-0.39, 0.29) is 23.5 Å². The van der Waals surface area contributed by atoms with E-state index in [1.165, 1.54) is 16.8 Å². The van der Waals surface area contributed by atoms with Crippen LogP contribution in [0.3, 0.4) is 0 Å². The molecule has 0 unspecified atom stereocenters. The molecule has 1 aliphatic carbocycles. The molecule has 6 nitrogen and oxygen atoms in total. The van der Waals surface area contributed by atoms with Gasteiger partial charge in [-0.25, -0.2) is 9.67 Å². The first-order valence-electron chi connectivity index (χ1n) is 8.78. The Morgan fingerprint density at radius 3 is 2.61 bits per heavy atom. The summed E-state index contributed by atoms with van der Waals surface area (Å²) < 4.78 is 15.8. The van der Waals surface area contributed by atoms with Gasteiger partial charge in [0.2, 0.25) is 5.95 Å². The molecule has 0 saturated carbocycles. The number of benzene rings is 1. The Labute approximate surface area is 160 Å². The van der Waals surface area contributed by atoms with Gasteiger partial charge in [-0.1, -0.05) is 24.3 Å². The minimum Gasteiger partial charge on any atom is -0.384 e. The molecule has 7 heteroatoms. The lowest BCUT2D eigenvalue weighted by Crippen LogP contribution is -2.25. The van der Waals surface area contributed by atoms with E-state index >= 15 is 0 Å². The molecule has 0 fully saturated rings. The Morgan fingerprint density at radius 2 is 1.93 bits per heavy atom. The molecule has 1 aliphatic rings. The number of pyridine rings is 1. The van der Waals surface area contributed by atoms with Crippen LogP contribution in [0.2, 0.25) is 0 Å². The highest BCUT2D eigenvalue weighted by Gasteiger charge is 2.17. The second-order valence-electron chi connectivity index (χ2n) is 6.56. The number of nitriles is 1. The predicted molar refractivity (Wildman–Crippen MR) is 105 cm³/mol. The highest BCUT2D eigenvalue weighted by Crippen LogP contribution is 2.27. The third-order valence-electron chi connectivity index (χ3n) is 4.73. The van der Waals surface area contributed by atoms with Crippen LogP contribution in [0, 0.1) is 17.3 Å². The van der Waals surface area contributed by atoms with E-state index in [0.717, 1.165) is 5.57 Å². The van der Waals surface area contributed by atoms with Crippen LogP contribution < -0.4 is 11.3 Å². The van der Waals surface area contributed by atoms with Crippen LogP contribution in [0.25, 0.3) is 22.0 Å². The zero-order chi connectivity index (χ0) is 19.7. The zero-order valence-electron chi connectivity index (χ0n) is 14.9. The lowest BCUT2D eigenvalue weighted by atomic mass is 9.99. The van der Waals surface area contributed by atoms with E-state index in [4.69, 9.17) is 11.0 Å². The van der Waals surface area contributed by atoms with Gasteiger partial charge in [-0.05, 0) is 42.7 Å². The summed E-state index contributed by atoms with van der Waals surface area (Å²) >= 11 is 0. The number of aromatic nitrogens is 3. The van der Waals surface area contributed by atoms with Crippen LogP contribution in [-0.2, 0) is 6.54 Å². The Bertz CT molecular complexity index is 1250. The largest absolute Gasteiger partial charge is 0.384 e. The Hall–Kier alpha value is -3.79. The van der Waals surface area contributed by atoms with Gasteiger partial charge in [-0.15, -0.1) is 0 Å². The molecule has 4 rings (SSSR count). The van der Waals surface area contributed by atoms with Crippen LogP contribution in [0.1, 0.15) is 12.8 Å². The normalized spacial score (nSPS) is 13.7. The maximum atomic E-state index is 14.5. The number of anilines is 1. The first-order chi connectivity index (χ1) is 13.6. The first kappa shape index (κ1) is 17.6. The molecule has 0 bridgehead atoms. The molecule has 2 N–H and O–H groups in total. The van der Waals surface area contributed by atoms with Gasteiger partial charge in [0.05, 0.1) is 23.6 Å². The minimum atomic E-state index is -0.735. The molecule has 3 aromatic rings. The first-order valence-corrected chi connectivity index (χ1v) is 8.78. The monoisotopic (exact) mass is 373 g/mol. The number of halogens is 1. The topological polar surface area (TPSA) is 97.6 Å². The third kappa shape index (κ3) is 3.16. The number of nitrogens with two attached hydrogens (primary N) is 1. The lowest BCUT2D eigenvalue weighted by Gasteiger charge is -2.15. The molecule has 0 saturated heterocycles. The van der Waals surface area contributed by atoms with Gasteiger partial charge < -0.3 is 5.73 Å². The van der Waals surface area contributed by atoms with Crippen LogP contribution >= 0.6 is 0 Å². The fourth-order valence-corrected chi connectivity index (χ4v) is 3.26. The van der Waals surface area contributed by atoms with Crippen molar-refractivity contribution < 1.29 is 4.39 Å². The van der Waals surface area contributed by atoms with E-state index in [9.17, 15) is 9.18 Å². The molecule has 0 aliphatic heterocycles. The molecular weight excluding hydrogens is 357 g/mol. The number of nitrogen functional groups attached to an aromatic ring is 1. The van der Waals surface area contributed by atoms with Crippen molar-refractivity contribution in [1.29, 1.82) is 5.26 Å². The Balaban J connectivity index is 1.88. The van der Waals surface area contributed by atoms with E-state index < -0.39 is 5.95 Å². The van der Waals surface area contributed by atoms with Crippen molar-refractivity contribution in [3.05, 3.63) is 76.0 Å². The molecule has 0 amide bonds. The Kier molecular flexibility index (Phi) is 4.45.